The Morgan fingerprint density at radius 1 is 1.24 bits per heavy atom. The summed E-state index contributed by atoms with van der Waals surface area (Å²) in [5, 5.41) is 13.7. The van der Waals surface area contributed by atoms with Crippen LogP contribution in [0.5, 0.6) is 0 Å². The molecule has 114 valence electrons. The second kappa shape index (κ2) is 6.07. The molecular weight excluding hydrogens is 282 g/mol. The van der Waals surface area contributed by atoms with Crippen molar-refractivity contribution in [3.63, 3.8) is 0 Å². The molecule has 0 aliphatic heterocycles. The number of carboxylic acid groups (broad SMARTS) is 1. The lowest BCUT2D eigenvalue weighted by molar-refractivity contribution is -0.141. The zero-order chi connectivity index (χ0) is 15.6. The van der Waals surface area contributed by atoms with Gasteiger partial charge >= 0.3 is 12.0 Å². The van der Waals surface area contributed by atoms with Crippen LogP contribution in [0.4, 0.5) is 19.3 Å². The van der Waals surface area contributed by atoms with Gasteiger partial charge in [-0.3, -0.25) is 4.79 Å². The first kappa shape index (κ1) is 15.2. The Balaban J connectivity index is 1.94. The number of carbonyl (C=O) groups excluding carboxylic acids is 1. The highest BCUT2D eigenvalue weighted by Crippen LogP contribution is 2.26. The van der Waals surface area contributed by atoms with Gasteiger partial charge in [0, 0.05) is 12.1 Å². The number of halogens is 2. The Morgan fingerprint density at radius 2 is 1.95 bits per heavy atom. The van der Waals surface area contributed by atoms with Gasteiger partial charge in [-0.2, -0.15) is 0 Å². The zero-order valence-electron chi connectivity index (χ0n) is 11.5. The molecule has 2 atom stereocenters. The molecule has 1 aromatic rings. The van der Waals surface area contributed by atoms with Gasteiger partial charge in [-0.25, -0.2) is 13.6 Å². The second-order valence-electron chi connectivity index (χ2n) is 5.22. The van der Waals surface area contributed by atoms with Gasteiger partial charge in [-0.1, -0.05) is 0 Å². The van der Waals surface area contributed by atoms with Crippen LogP contribution in [0.25, 0.3) is 0 Å². The molecule has 3 N–H and O–H groups in total. The van der Waals surface area contributed by atoms with Crippen LogP contribution < -0.4 is 10.6 Å². The van der Waals surface area contributed by atoms with E-state index in [0.717, 1.165) is 12.1 Å². The lowest BCUT2D eigenvalue weighted by Gasteiger charge is -2.14. The summed E-state index contributed by atoms with van der Waals surface area (Å²) in [7, 11) is 0. The molecule has 0 spiro atoms. The van der Waals surface area contributed by atoms with E-state index in [1.165, 1.54) is 6.92 Å². The van der Waals surface area contributed by atoms with Gasteiger partial charge in [0.25, 0.3) is 0 Å². The van der Waals surface area contributed by atoms with E-state index in [0.29, 0.717) is 19.3 Å². The average Bonchev–Trinajstić information content (AvgIpc) is 2.84. The lowest BCUT2D eigenvalue weighted by atomic mass is 10.1. The first-order valence-electron chi connectivity index (χ1n) is 6.62. The molecule has 0 heterocycles. The molecule has 21 heavy (non-hydrogen) atoms. The normalized spacial score (nSPS) is 21.1. The highest BCUT2D eigenvalue weighted by atomic mass is 19.1. The zero-order valence-corrected chi connectivity index (χ0v) is 11.5. The molecule has 0 unspecified atom stereocenters. The predicted molar refractivity (Wildman–Crippen MR) is 72.0 cm³/mol. The average molecular weight is 298 g/mol. The van der Waals surface area contributed by atoms with Crippen LogP contribution in [0.1, 0.15) is 24.8 Å². The number of hydrogen-bond acceptors (Lipinski definition) is 2. The number of rotatable bonds is 3. The van der Waals surface area contributed by atoms with Crippen LogP contribution in [-0.4, -0.2) is 23.1 Å². The molecule has 2 amide bonds. The number of urea groups is 1. The Morgan fingerprint density at radius 3 is 2.57 bits per heavy atom. The van der Waals surface area contributed by atoms with Crippen molar-refractivity contribution in [3.05, 3.63) is 29.3 Å². The van der Waals surface area contributed by atoms with E-state index >= 15 is 0 Å². The summed E-state index contributed by atoms with van der Waals surface area (Å²) in [4.78, 5) is 22.6. The number of carboxylic acids is 1. The van der Waals surface area contributed by atoms with Crippen LogP contribution >= 0.6 is 0 Å². The maximum atomic E-state index is 13.6. The van der Waals surface area contributed by atoms with E-state index in [1.807, 2.05) is 0 Å². The largest absolute Gasteiger partial charge is 0.481 e. The van der Waals surface area contributed by atoms with Gasteiger partial charge in [0.1, 0.15) is 11.6 Å². The fourth-order valence-corrected chi connectivity index (χ4v) is 2.42. The highest BCUT2D eigenvalue weighted by Gasteiger charge is 2.30. The van der Waals surface area contributed by atoms with Crippen LogP contribution in [0, 0.1) is 24.5 Å². The number of aliphatic carboxylic acids is 1. The molecular formula is C14H16F2N2O3. The van der Waals surface area contributed by atoms with E-state index in [4.69, 9.17) is 5.11 Å². The van der Waals surface area contributed by atoms with Crippen LogP contribution in [-0.2, 0) is 4.79 Å². The Bertz CT molecular complexity index is 578. The summed E-state index contributed by atoms with van der Waals surface area (Å²) in [6.07, 6.45) is 1.39. The summed E-state index contributed by atoms with van der Waals surface area (Å²) >= 11 is 0. The SMILES string of the molecule is Cc1cc(F)c(NC(=O)N[C@H]2CC[C@@H](C(=O)O)C2)cc1F. The monoisotopic (exact) mass is 298 g/mol. The quantitative estimate of drug-likeness (QED) is 0.802. The summed E-state index contributed by atoms with van der Waals surface area (Å²) in [6.45, 7) is 1.42. The van der Waals surface area contributed by atoms with Crippen molar-refractivity contribution in [2.45, 2.75) is 32.2 Å². The summed E-state index contributed by atoms with van der Waals surface area (Å²) in [5.41, 5.74) is -0.0954. The third-order valence-corrected chi connectivity index (χ3v) is 3.61. The number of nitrogens with one attached hydrogen (secondary N) is 2. The van der Waals surface area contributed by atoms with Gasteiger partial charge in [-0.05, 0) is 37.8 Å². The van der Waals surface area contributed by atoms with E-state index in [1.54, 1.807) is 0 Å². The maximum absolute atomic E-state index is 13.6. The lowest BCUT2D eigenvalue weighted by Crippen LogP contribution is -2.37. The smallest absolute Gasteiger partial charge is 0.319 e. The van der Waals surface area contributed by atoms with Gasteiger partial charge in [-0.15, -0.1) is 0 Å². The first-order valence-corrected chi connectivity index (χ1v) is 6.62. The van der Waals surface area contributed by atoms with E-state index < -0.39 is 29.6 Å². The molecule has 0 saturated heterocycles. The number of aryl methyl sites for hydroxylation is 1. The molecule has 0 radical (unpaired) electrons. The Hall–Kier alpha value is -2.18. The van der Waals surface area contributed by atoms with Gasteiger partial charge < -0.3 is 15.7 Å². The maximum Gasteiger partial charge on any atom is 0.319 e. The molecule has 1 saturated carbocycles. The minimum atomic E-state index is -0.883. The van der Waals surface area contributed by atoms with Gasteiger partial charge in [0.2, 0.25) is 0 Å². The minimum absolute atomic E-state index is 0.151. The summed E-state index contributed by atoms with van der Waals surface area (Å²) in [5.74, 6) is -2.69. The third kappa shape index (κ3) is 3.68. The first-order chi connectivity index (χ1) is 9.86. The van der Waals surface area contributed by atoms with Crippen LogP contribution in [0.15, 0.2) is 12.1 Å². The molecule has 1 aliphatic rings. The van der Waals surface area contributed by atoms with Gasteiger partial charge in [0.15, 0.2) is 0 Å². The molecule has 0 aromatic heterocycles. The van der Waals surface area contributed by atoms with E-state index in [9.17, 15) is 18.4 Å². The van der Waals surface area contributed by atoms with Crippen molar-refractivity contribution in [2.75, 3.05) is 5.32 Å². The van der Waals surface area contributed by atoms with Crippen molar-refractivity contribution in [2.24, 2.45) is 5.92 Å². The highest BCUT2D eigenvalue weighted by molar-refractivity contribution is 5.89. The minimum Gasteiger partial charge on any atom is -0.481 e. The topological polar surface area (TPSA) is 78.4 Å². The Labute approximate surface area is 120 Å². The fourth-order valence-electron chi connectivity index (χ4n) is 2.42. The van der Waals surface area contributed by atoms with Crippen LogP contribution in [0.3, 0.4) is 0 Å². The van der Waals surface area contributed by atoms with Gasteiger partial charge in [0.05, 0.1) is 11.6 Å². The standard InChI is InChI=1S/C14H16F2N2O3/c1-7-4-11(16)12(6-10(7)15)18-14(21)17-9-3-2-8(5-9)13(19)20/h4,6,8-9H,2-3,5H2,1H3,(H,19,20)(H2,17,18,21)/t8-,9+/m1/s1. The van der Waals surface area contributed by atoms with Crippen molar-refractivity contribution in [1.29, 1.82) is 0 Å². The number of amides is 2. The predicted octanol–water partition coefficient (Wildman–Crippen LogP) is 2.65. The van der Waals surface area contributed by atoms with Crippen molar-refractivity contribution in [3.8, 4) is 0 Å². The summed E-state index contributed by atoms with van der Waals surface area (Å²) in [6, 6.07) is 0.970. The molecule has 1 aromatic carbocycles. The molecule has 1 aliphatic carbocycles. The number of carbonyl (C=O) groups is 2. The fraction of sp³-hybridized carbons (Fsp3) is 0.429. The number of benzene rings is 1. The molecule has 2 rings (SSSR count). The van der Waals surface area contributed by atoms with Crippen molar-refractivity contribution >= 4 is 17.7 Å². The second-order valence-corrected chi connectivity index (χ2v) is 5.22. The van der Waals surface area contributed by atoms with Crippen molar-refractivity contribution in [1.82, 2.24) is 5.32 Å². The molecule has 5 nitrogen and oxygen atoms in total. The van der Waals surface area contributed by atoms with Crippen molar-refractivity contribution < 1.29 is 23.5 Å². The third-order valence-electron chi connectivity index (χ3n) is 3.61. The number of anilines is 1. The molecule has 1 fully saturated rings. The molecule has 0 bridgehead atoms. The van der Waals surface area contributed by atoms with E-state index in [2.05, 4.69) is 10.6 Å². The number of hydrogen-bond donors (Lipinski definition) is 3. The Kier molecular flexibility index (Phi) is 4.40. The van der Waals surface area contributed by atoms with E-state index in [-0.39, 0.29) is 17.3 Å². The summed E-state index contributed by atoms with van der Waals surface area (Å²) < 4.78 is 26.9. The molecule has 7 heteroatoms. The van der Waals surface area contributed by atoms with Crippen LogP contribution in [0.2, 0.25) is 0 Å².